The van der Waals surface area contributed by atoms with E-state index in [9.17, 15) is 13.2 Å². The first-order valence-electron chi connectivity index (χ1n) is 4.32. The molecule has 2 aliphatic carbocycles. The van der Waals surface area contributed by atoms with Gasteiger partial charge >= 0.3 is 6.18 Å². The van der Waals surface area contributed by atoms with Gasteiger partial charge in [0.05, 0.1) is 0 Å². The van der Waals surface area contributed by atoms with Gasteiger partial charge in [-0.2, -0.15) is 13.2 Å². The van der Waals surface area contributed by atoms with Crippen LogP contribution in [0, 0.1) is 11.8 Å². The summed E-state index contributed by atoms with van der Waals surface area (Å²) in [6.07, 6.45) is -1.56. The molecule has 1 nitrogen and oxygen atoms in total. The topological polar surface area (TPSA) is 26.0 Å². The highest BCUT2D eigenvalue weighted by Crippen LogP contribution is 2.57. The maximum atomic E-state index is 12.6. The summed E-state index contributed by atoms with van der Waals surface area (Å²) >= 11 is 0. The lowest BCUT2D eigenvalue weighted by Gasteiger charge is -2.32. The highest BCUT2D eigenvalue weighted by Gasteiger charge is 2.66. The van der Waals surface area contributed by atoms with Gasteiger partial charge in [-0.15, -0.1) is 12.4 Å². The van der Waals surface area contributed by atoms with E-state index in [0.29, 0.717) is 25.7 Å². The minimum Gasteiger partial charge on any atom is -0.317 e. The maximum absolute atomic E-state index is 12.6. The minimum atomic E-state index is -4.20. The standard InChI is InChI=1S/C8H12F3N.ClH/c9-8(10,11)7(12,5-1-2-5)6-3-4-6;/h5-6H,1-4,12H2;1H. The summed E-state index contributed by atoms with van der Waals surface area (Å²) in [5, 5.41) is 0. The Hall–Kier alpha value is 0.0400. The van der Waals surface area contributed by atoms with Crippen molar-refractivity contribution in [2.24, 2.45) is 17.6 Å². The number of alkyl halides is 3. The van der Waals surface area contributed by atoms with Crippen LogP contribution in [0.4, 0.5) is 13.2 Å². The van der Waals surface area contributed by atoms with E-state index in [1.54, 1.807) is 0 Å². The summed E-state index contributed by atoms with van der Waals surface area (Å²) < 4.78 is 37.7. The van der Waals surface area contributed by atoms with Crippen LogP contribution < -0.4 is 5.73 Å². The highest BCUT2D eigenvalue weighted by atomic mass is 35.5. The van der Waals surface area contributed by atoms with Crippen LogP contribution in [0.3, 0.4) is 0 Å². The quantitative estimate of drug-likeness (QED) is 0.753. The monoisotopic (exact) mass is 215 g/mol. The van der Waals surface area contributed by atoms with Crippen molar-refractivity contribution in [1.29, 1.82) is 0 Å². The SMILES string of the molecule is Cl.NC(C1CC1)(C1CC1)C(F)(F)F. The molecule has 0 aromatic heterocycles. The van der Waals surface area contributed by atoms with E-state index < -0.39 is 11.7 Å². The van der Waals surface area contributed by atoms with Gasteiger partial charge in [0.1, 0.15) is 5.54 Å². The molecule has 2 saturated carbocycles. The molecule has 5 heteroatoms. The molecule has 2 rings (SSSR count). The molecule has 0 heterocycles. The largest absolute Gasteiger partial charge is 0.406 e. The summed E-state index contributed by atoms with van der Waals surface area (Å²) in [5.41, 5.74) is 3.62. The predicted octanol–water partition coefficient (Wildman–Crippen LogP) is 2.49. The van der Waals surface area contributed by atoms with Crippen molar-refractivity contribution < 1.29 is 13.2 Å². The second kappa shape index (κ2) is 3.02. The van der Waals surface area contributed by atoms with Gasteiger partial charge in [-0.1, -0.05) is 0 Å². The summed E-state index contributed by atoms with van der Waals surface area (Å²) in [6.45, 7) is 0. The third kappa shape index (κ3) is 1.66. The van der Waals surface area contributed by atoms with Gasteiger partial charge in [-0.05, 0) is 37.5 Å². The van der Waals surface area contributed by atoms with Crippen molar-refractivity contribution >= 4 is 12.4 Å². The van der Waals surface area contributed by atoms with Crippen molar-refractivity contribution in [1.82, 2.24) is 0 Å². The molecule has 0 bridgehead atoms. The summed E-state index contributed by atoms with van der Waals surface area (Å²) in [5.74, 6) is -0.574. The van der Waals surface area contributed by atoms with E-state index in [0.717, 1.165) is 0 Å². The molecule has 13 heavy (non-hydrogen) atoms. The molecule has 0 saturated heterocycles. The zero-order valence-electron chi connectivity index (χ0n) is 7.10. The van der Waals surface area contributed by atoms with E-state index in [2.05, 4.69) is 0 Å². The van der Waals surface area contributed by atoms with Gasteiger partial charge in [0.15, 0.2) is 0 Å². The van der Waals surface area contributed by atoms with E-state index in [4.69, 9.17) is 5.73 Å². The molecule has 0 unspecified atom stereocenters. The molecule has 78 valence electrons. The van der Waals surface area contributed by atoms with Crippen LogP contribution in [0.5, 0.6) is 0 Å². The lowest BCUT2D eigenvalue weighted by atomic mass is 9.88. The molecule has 2 aliphatic rings. The lowest BCUT2D eigenvalue weighted by Crippen LogP contribution is -2.57. The molecule has 0 atom stereocenters. The van der Waals surface area contributed by atoms with Crippen molar-refractivity contribution in [3.05, 3.63) is 0 Å². The first kappa shape index (κ1) is 11.1. The van der Waals surface area contributed by atoms with E-state index in [1.807, 2.05) is 0 Å². The zero-order valence-corrected chi connectivity index (χ0v) is 7.92. The van der Waals surface area contributed by atoms with Gasteiger partial charge in [0.2, 0.25) is 0 Å². The van der Waals surface area contributed by atoms with Crippen LogP contribution in [-0.4, -0.2) is 11.7 Å². The van der Waals surface area contributed by atoms with E-state index in [-0.39, 0.29) is 24.2 Å². The van der Waals surface area contributed by atoms with Crippen LogP contribution in [0.15, 0.2) is 0 Å². The number of hydrogen-bond acceptors (Lipinski definition) is 1. The highest BCUT2D eigenvalue weighted by molar-refractivity contribution is 5.85. The van der Waals surface area contributed by atoms with Crippen molar-refractivity contribution in [2.45, 2.75) is 37.4 Å². The summed E-state index contributed by atoms with van der Waals surface area (Å²) in [4.78, 5) is 0. The summed E-state index contributed by atoms with van der Waals surface area (Å²) in [6, 6.07) is 0. The van der Waals surface area contributed by atoms with Gasteiger partial charge in [0, 0.05) is 0 Å². The number of halogens is 4. The first-order valence-corrected chi connectivity index (χ1v) is 4.32. The van der Waals surface area contributed by atoms with E-state index in [1.165, 1.54) is 0 Å². The Morgan fingerprint density at radius 3 is 1.38 bits per heavy atom. The van der Waals surface area contributed by atoms with Crippen LogP contribution in [0.25, 0.3) is 0 Å². The number of nitrogens with two attached hydrogens (primary N) is 1. The Morgan fingerprint density at radius 2 is 1.23 bits per heavy atom. The molecule has 0 spiro atoms. The number of hydrogen-bond donors (Lipinski definition) is 1. The second-order valence-corrected chi connectivity index (χ2v) is 3.98. The fraction of sp³-hybridized carbons (Fsp3) is 1.00. The number of rotatable bonds is 2. The van der Waals surface area contributed by atoms with E-state index >= 15 is 0 Å². The van der Waals surface area contributed by atoms with Crippen molar-refractivity contribution in [2.75, 3.05) is 0 Å². The van der Waals surface area contributed by atoms with Crippen LogP contribution in [0.2, 0.25) is 0 Å². The first-order chi connectivity index (χ1) is 5.46. The fourth-order valence-corrected chi connectivity index (χ4v) is 1.92. The fourth-order valence-electron chi connectivity index (χ4n) is 1.92. The van der Waals surface area contributed by atoms with Gasteiger partial charge in [0.25, 0.3) is 0 Å². The second-order valence-electron chi connectivity index (χ2n) is 3.98. The molecule has 0 aromatic rings. The molecule has 0 radical (unpaired) electrons. The molecule has 0 aliphatic heterocycles. The zero-order chi connectivity index (χ0) is 8.98. The van der Waals surface area contributed by atoms with Crippen LogP contribution >= 0.6 is 12.4 Å². The normalized spacial score (nSPS) is 24.0. The minimum absolute atomic E-state index is 0. The van der Waals surface area contributed by atoms with Crippen LogP contribution in [-0.2, 0) is 0 Å². The smallest absolute Gasteiger partial charge is 0.317 e. The Bertz CT molecular complexity index is 184. The Balaban J connectivity index is 0.000000845. The average molecular weight is 216 g/mol. The van der Waals surface area contributed by atoms with Gasteiger partial charge in [-0.3, -0.25) is 0 Å². The van der Waals surface area contributed by atoms with Gasteiger partial charge in [-0.25, -0.2) is 0 Å². The maximum Gasteiger partial charge on any atom is 0.406 e. The molecule has 2 fully saturated rings. The molecule has 0 amide bonds. The average Bonchev–Trinajstić information content (AvgIpc) is 2.79. The Kier molecular flexibility index (Phi) is 2.58. The van der Waals surface area contributed by atoms with Gasteiger partial charge < -0.3 is 5.73 Å². The Morgan fingerprint density at radius 1 is 0.923 bits per heavy atom. The van der Waals surface area contributed by atoms with Crippen molar-refractivity contribution in [3.8, 4) is 0 Å². The third-order valence-corrected chi connectivity index (χ3v) is 3.00. The molecule has 2 N–H and O–H groups in total. The summed E-state index contributed by atoms with van der Waals surface area (Å²) in [7, 11) is 0. The molecular formula is C8H13ClF3N. The van der Waals surface area contributed by atoms with Crippen LogP contribution in [0.1, 0.15) is 25.7 Å². The third-order valence-electron chi connectivity index (χ3n) is 3.00. The Labute approximate surface area is 81.3 Å². The predicted molar refractivity (Wildman–Crippen MR) is 45.7 cm³/mol. The molecular weight excluding hydrogens is 203 g/mol. The van der Waals surface area contributed by atoms with Crippen molar-refractivity contribution in [3.63, 3.8) is 0 Å². The molecule has 0 aromatic carbocycles. The lowest BCUT2D eigenvalue weighted by molar-refractivity contribution is -0.198.